The maximum absolute atomic E-state index is 12.2. The molecule has 3 rings (SSSR count). The second kappa shape index (κ2) is 7.39. The van der Waals surface area contributed by atoms with E-state index in [4.69, 9.17) is 4.74 Å². The van der Waals surface area contributed by atoms with Gasteiger partial charge in [0.25, 0.3) is 0 Å². The van der Waals surface area contributed by atoms with E-state index in [1.54, 1.807) is 6.20 Å². The van der Waals surface area contributed by atoms with Gasteiger partial charge in [0.1, 0.15) is 0 Å². The van der Waals surface area contributed by atoms with E-state index in [0.29, 0.717) is 19.6 Å². The third-order valence-corrected chi connectivity index (χ3v) is 4.40. The Morgan fingerprint density at radius 1 is 1.24 bits per heavy atom. The summed E-state index contributed by atoms with van der Waals surface area (Å²) in [6.07, 6.45) is -3.56. The van der Waals surface area contributed by atoms with Gasteiger partial charge in [-0.3, -0.25) is 9.78 Å². The third kappa shape index (κ3) is 4.69. The monoisotopic (exact) mass is 352 g/mol. The summed E-state index contributed by atoms with van der Waals surface area (Å²) in [6, 6.07) is 9.44. The van der Waals surface area contributed by atoms with Crippen molar-refractivity contribution in [3.05, 3.63) is 42.1 Å². The first-order valence-corrected chi connectivity index (χ1v) is 8.19. The number of aromatic nitrogens is 1. The van der Waals surface area contributed by atoms with Crippen LogP contribution >= 0.6 is 0 Å². The van der Waals surface area contributed by atoms with Gasteiger partial charge in [-0.2, -0.15) is 13.2 Å². The van der Waals surface area contributed by atoms with Crippen LogP contribution in [0.25, 0.3) is 10.9 Å². The number of nitrogens with zero attached hydrogens (tertiary/aromatic N) is 1. The zero-order valence-electron chi connectivity index (χ0n) is 13.6. The van der Waals surface area contributed by atoms with E-state index in [0.717, 1.165) is 16.5 Å². The van der Waals surface area contributed by atoms with Gasteiger partial charge in [-0.05, 0) is 24.1 Å². The van der Waals surface area contributed by atoms with Crippen molar-refractivity contribution in [2.75, 3.05) is 13.2 Å². The Labute approximate surface area is 143 Å². The summed E-state index contributed by atoms with van der Waals surface area (Å²) in [4.78, 5) is 16.1. The number of hydrogen-bond acceptors (Lipinski definition) is 3. The van der Waals surface area contributed by atoms with Crippen molar-refractivity contribution in [3.63, 3.8) is 0 Å². The molecule has 2 heterocycles. The second-order valence-electron chi connectivity index (χ2n) is 6.28. The third-order valence-electron chi connectivity index (χ3n) is 4.40. The van der Waals surface area contributed by atoms with Gasteiger partial charge in [0.05, 0.1) is 31.2 Å². The van der Waals surface area contributed by atoms with Crippen LogP contribution < -0.4 is 5.32 Å². The summed E-state index contributed by atoms with van der Waals surface area (Å²) in [5, 5.41) is 3.73. The molecule has 0 spiro atoms. The smallest absolute Gasteiger partial charge is 0.379 e. The molecule has 2 atom stereocenters. The highest BCUT2D eigenvalue weighted by atomic mass is 19.4. The van der Waals surface area contributed by atoms with Gasteiger partial charge in [0, 0.05) is 23.9 Å². The molecule has 0 radical (unpaired) electrons. The summed E-state index contributed by atoms with van der Waals surface area (Å²) in [7, 11) is 0. The molecule has 0 unspecified atom stereocenters. The molecule has 1 saturated heterocycles. The number of halogens is 3. The fourth-order valence-electron chi connectivity index (χ4n) is 3.11. The number of rotatable bonds is 5. The first kappa shape index (κ1) is 17.7. The maximum Gasteiger partial charge on any atom is 0.389 e. The van der Waals surface area contributed by atoms with Crippen LogP contribution in [0.4, 0.5) is 13.2 Å². The molecule has 7 heteroatoms. The van der Waals surface area contributed by atoms with Gasteiger partial charge in [0.2, 0.25) is 5.91 Å². The number of carbonyl (C=O) groups excluding carboxylic acids is 1. The number of carbonyl (C=O) groups is 1. The molecule has 1 aromatic carbocycles. The maximum atomic E-state index is 12.2. The highest BCUT2D eigenvalue weighted by molar-refractivity contribution is 5.81. The van der Waals surface area contributed by atoms with Crippen LogP contribution in [-0.4, -0.2) is 36.3 Å². The van der Waals surface area contributed by atoms with Gasteiger partial charge in [-0.25, -0.2) is 0 Å². The topological polar surface area (TPSA) is 51.2 Å². The second-order valence-corrected chi connectivity index (χ2v) is 6.28. The lowest BCUT2D eigenvalue weighted by Crippen LogP contribution is -2.40. The molecule has 4 nitrogen and oxygen atoms in total. The van der Waals surface area contributed by atoms with Crippen molar-refractivity contribution < 1.29 is 22.7 Å². The number of benzene rings is 1. The zero-order chi connectivity index (χ0) is 17.9. The van der Waals surface area contributed by atoms with Gasteiger partial charge in [0.15, 0.2) is 0 Å². The van der Waals surface area contributed by atoms with Crippen LogP contribution in [0.1, 0.15) is 18.4 Å². The molecular formula is C18H19F3N2O2. The van der Waals surface area contributed by atoms with Crippen molar-refractivity contribution in [1.29, 1.82) is 0 Å². The molecule has 0 saturated carbocycles. The molecule has 1 aliphatic heterocycles. The van der Waals surface area contributed by atoms with Crippen LogP contribution in [0, 0.1) is 5.92 Å². The average molecular weight is 352 g/mol. The van der Waals surface area contributed by atoms with Gasteiger partial charge in [-0.15, -0.1) is 0 Å². The van der Waals surface area contributed by atoms with E-state index < -0.39 is 24.9 Å². The normalized spacial score (nSPS) is 20.8. The van der Waals surface area contributed by atoms with Crippen molar-refractivity contribution in [3.8, 4) is 0 Å². The van der Waals surface area contributed by atoms with Crippen LogP contribution in [0.2, 0.25) is 0 Å². The summed E-state index contributed by atoms with van der Waals surface area (Å²) in [5.74, 6) is -0.557. The van der Waals surface area contributed by atoms with Crippen molar-refractivity contribution in [1.82, 2.24) is 10.3 Å². The van der Waals surface area contributed by atoms with E-state index in [1.807, 2.05) is 30.3 Å². The predicted molar refractivity (Wildman–Crippen MR) is 87.0 cm³/mol. The highest BCUT2D eigenvalue weighted by Gasteiger charge is 2.32. The molecule has 0 aliphatic carbocycles. The average Bonchev–Trinajstić information content (AvgIpc) is 3.00. The molecule has 1 amide bonds. The van der Waals surface area contributed by atoms with E-state index in [9.17, 15) is 18.0 Å². The van der Waals surface area contributed by atoms with Crippen LogP contribution in [-0.2, 0) is 16.0 Å². The molecule has 0 bridgehead atoms. The molecule has 25 heavy (non-hydrogen) atoms. The molecule has 134 valence electrons. The highest BCUT2D eigenvalue weighted by Crippen LogP contribution is 2.25. The summed E-state index contributed by atoms with van der Waals surface area (Å²) < 4.78 is 42.1. The Bertz CT molecular complexity index is 743. The van der Waals surface area contributed by atoms with Crippen molar-refractivity contribution >= 4 is 16.8 Å². The number of para-hydroxylation sites is 1. The Hall–Kier alpha value is -2.15. The molecule has 2 aromatic rings. The molecule has 1 fully saturated rings. The number of nitrogens with one attached hydrogen (secondary N) is 1. The summed E-state index contributed by atoms with van der Waals surface area (Å²) in [5.41, 5.74) is 1.99. The van der Waals surface area contributed by atoms with Gasteiger partial charge in [-0.1, -0.05) is 18.2 Å². The van der Waals surface area contributed by atoms with Crippen LogP contribution in [0.5, 0.6) is 0 Å². The Balaban J connectivity index is 1.64. The lowest BCUT2D eigenvalue weighted by Gasteiger charge is -2.20. The Morgan fingerprint density at radius 2 is 2.04 bits per heavy atom. The Morgan fingerprint density at radius 3 is 2.84 bits per heavy atom. The van der Waals surface area contributed by atoms with E-state index in [2.05, 4.69) is 10.3 Å². The van der Waals surface area contributed by atoms with Crippen LogP contribution in [0.15, 0.2) is 36.5 Å². The lowest BCUT2D eigenvalue weighted by atomic mass is 9.93. The quantitative estimate of drug-likeness (QED) is 0.899. The number of amides is 1. The van der Waals surface area contributed by atoms with Gasteiger partial charge >= 0.3 is 6.18 Å². The van der Waals surface area contributed by atoms with Crippen LogP contribution in [0.3, 0.4) is 0 Å². The molecular weight excluding hydrogens is 333 g/mol. The minimum absolute atomic E-state index is 0.0284. The number of hydrogen-bond donors (Lipinski definition) is 1. The minimum atomic E-state index is -4.32. The summed E-state index contributed by atoms with van der Waals surface area (Å²) in [6.45, 7) is 0.798. The fraction of sp³-hybridized carbons (Fsp3) is 0.444. The zero-order valence-corrected chi connectivity index (χ0v) is 13.6. The number of alkyl halides is 3. The predicted octanol–water partition coefficient (Wildman–Crippen LogP) is 3.25. The largest absolute Gasteiger partial charge is 0.389 e. The SMILES string of the molecule is O=C(CCC(F)(F)F)N[C@@H]1COC[C@H]1Cc1ccnc2ccccc12. The molecule has 1 aromatic heterocycles. The van der Waals surface area contributed by atoms with E-state index in [-0.39, 0.29) is 12.0 Å². The van der Waals surface area contributed by atoms with Crippen molar-refractivity contribution in [2.24, 2.45) is 5.92 Å². The standard InChI is InChI=1S/C18H19F3N2O2/c19-18(20,21)7-5-17(24)23-16-11-25-10-13(16)9-12-6-8-22-15-4-2-1-3-14(12)15/h1-4,6,8,13,16H,5,7,9-11H2,(H,23,24)/t13-,16-/m1/s1. The minimum Gasteiger partial charge on any atom is -0.379 e. The number of fused-ring (bicyclic) bond motifs is 1. The fourth-order valence-corrected chi connectivity index (χ4v) is 3.11. The lowest BCUT2D eigenvalue weighted by molar-refractivity contribution is -0.144. The van der Waals surface area contributed by atoms with E-state index >= 15 is 0 Å². The molecule has 1 aliphatic rings. The molecule has 1 N–H and O–H groups in total. The first-order valence-electron chi connectivity index (χ1n) is 8.19. The van der Waals surface area contributed by atoms with E-state index in [1.165, 1.54) is 0 Å². The first-order chi connectivity index (χ1) is 11.9. The Kier molecular flexibility index (Phi) is 5.22. The summed E-state index contributed by atoms with van der Waals surface area (Å²) >= 11 is 0. The number of ether oxygens (including phenoxy) is 1. The van der Waals surface area contributed by atoms with Crippen molar-refractivity contribution in [2.45, 2.75) is 31.5 Å². The van der Waals surface area contributed by atoms with Gasteiger partial charge < -0.3 is 10.1 Å². The number of pyridine rings is 1.